The maximum atomic E-state index is 9.83. The van der Waals surface area contributed by atoms with Crippen molar-refractivity contribution in [2.45, 2.75) is 110 Å². The van der Waals surface area contributed by atoms with E-state index in [1.165, 1.54) is 45.4 Å². The third-order valence-corrected chi connectivity index (χ3v) is 11.9. The fraction of sp³-hybridized carbons (Fsp3) is 0.440. The highest BCUT2D eigenvalue weighted by Crippen LogP contribution is 2.34. The molecule has 0 aromatic heterocycles. The lowest BCUT2D eigenvalue weighted by Gasteiger charge is -2.29. The molecule has 3 aromatic carbocycles. The van der Waals surface area contributed by atoms with E-state index in [0.717, 1.165) is 113 Å². The van der Waals surface area contributed by atoms with Crippen molar-refractivity contribution in [3.8, 4) is 16.9 Å². The van der Waals surface area contributed by atoms with Gasteiger partial charge in [0, 0.05) is 45.0 Å². The Morgan fingerprint density at radius 1 is 0.912 bits per heavy atom. The number of halogens is 1. The molecule has 3 aromatic rings. The summed E-state index contributed by atoms with van der Waals surface area (Å²) in [6, 6.07) is 17.7. The minimum atomic E-state index is -0.112. The number of benzene rings is 3. The minimum absolute atomic E-state index is 0.112. The molecule has 6 nitrogen and oxygen atoms in total. The number of unbranched alkanes of at least 4 members (excludes halogenated alkanes) is 1. The minimum Gasteiger partial charge on any atom is -0.487 e. The van der Waals surface area contributed by atoms with E-state index in [0.29, 0.717) is 23.9 Å². The van der Waals surface area contributed by atoms with Crippen molar-refractivity contribution in [3.05, 3.63) is 148 Å². The van der Waals surface area contributed by atoms with Crippen molar-refractivity contribution in [2.75, 3.05) is 33.3 Å². The summed E-state index contributed by atoms with van der Waals surface area (Å²) in [6.45, 7) is 24.3. The summed E-state index contributed by atoms with van der Waals surface area (Å²) < 4.78 is 6.57. The molecule has 4 N–H and O–H groups in total. The number of aliphatic hydroxyl groups excluding tert-OH is 2. The van der Waals surface area contributed by atoms with Crippen LogP contribution < -0.4 is 15.4 Å². The normalized spacial score (nSPS) is 19.4. The molecule has 0 aliphatic carbocycles. The molecule has 5 rings (SSSR count). The Labute approximate surface area is 349 Å². The number of aliphatic hydroxyl groups is 2. The van der Waals surface area contributed by atoms with Crippen LogP contribution in [-0.2, 0) is 26.0 Å². The zero-order valence-corrected chi connectivity index (χ0v) is 35.9. The average molecular weight is 795 g/mol. The van der Waals surface area contributed by atoms with Crippen LogP contribution >= 0.6 is 11.6 Å². The molecular weight excluding hydrogens is 726 g/mol. The summed E-state index contributed by atoms with van der Waals surface area (Å²) in [5, 5.41) is 24.7. The fourth-order valence-electron chi connectivity index (χ4n) is 7.90. The Kier molecular flexibility index (Phi) is 19.4. The summed E-state index contributed by atoms with van der Waals surface area (Å²) in [5.74, 6) is 0.703. The molecule has 2 aliphatic heterocycles. The van der Waals surface area contributed by atoms with Gasteiger partial charge in [0.1, 0.15) is 12.4 Å². The third-order valence-electron chi connectivity index (χ3n) is 11.6. The zero-order valence-electron chi connectivity index (χ0n) is 35.1. The molecule has 0 radical (unpaired) electrons. The Bertz CT molecular complexity index is 1840. The molecular formula is C50H68ClN3O3. The standard InChI is InChI=1S/C49H64ClN3O2.CH4O/c1-7-38-22-23-41-32-49(48(50)31-43(41)33-52-44(9-3)19-10-12-26-51-37(6)39(8-2)30-38)55-34-42-18-15-21-47(36(42)5)46-20-14-17-40(35(46)4)16-11-13-27-53-28-24-45(54)25-29-53;1-2/h7-9,14-15,17-18,20-21,30-32,44-45,51-52,54H,1,3,6,10-13,16,19,22-29,33-34H2,2,4-5H3;2H,1H3/b38-30+,39-8+;. The van der Waals surface area contributed by atoms with E-state index in [2.05, 4.69) is 117 Å². The van der Waals surface area contributed by atoms with Crippen LogP contribution in [0.5, 0.6) is 5.75 Å². The number of rotatable bonds is 11. The van der Waals surface area contributed by atoms with Gasteiger partial charge in [-0.05, 0) is 159 Å². The van der Waals surface area contributed by atoms with E-state index in [4.69, 9.17) is 21.4 Å². The van der Waals surface area contributed by atoms with Crippen LogP contribution in [0.15, 0.2) is 109 Å². The highest BCUT2D eigenvalue weighted by molar-refractivity contribution is 6.32. The molecule has 1 unspecified atom stereocenters. The van der Waals surface area contributed by atoms with Crippen LogP contribution in [0.2, 0.25) is 5.02 Å². The van der Waals surface area contributed by atoms with E-state index in [1.807, 2.05) is 12.2 Å². The lowest BCUT2D eigenvalue weighted by Crippen LogP contribution is -2.36. The molecule has 1 atom stereocenters. The molecule has 7 heteroatoms. The lowest BCUT2D eigenvalue weighted by atomic mass is 9.90. The second-order valence-corrected chi connectivity index (χ2v) is 15.7. The first-order chi connectivity index (χ1) is 27.7. The van der Waals surface area contributed by atoms with Crippen LogP contribution in [0.1, 0.15) is 91.7 Å². The molecule has 0 amide bonds. The van der Waals surface area contributed by atoms with E-state index >= 15 is 0 Å². The van der Waals surface area contributed by atoms with E-state index in [-0.39, 0.29) is 12.1 Å². The molecule has 308 valence electrons. The van der Waals surface area contributed by atoms with Gasteiger partial charge < -0.3 is 30.5 Å². The molecule has 1 fully saturated rings. The molecule has 1 saturated heterocycles. The molecule has 2 aliphatic rings. The van der Waals surface area contributed by atoms with E-state index in [9.17, 15) is 5.11 Å². The molecule has 0 bridgehead atoms. The van der Waals surface area contributed by atoms with Crippen LogP contribution in [0.25, 0.3) is 11.1 Å². The highest BCUT2D eigenvalue weighted by Gasteiger charge is 2.18. The van der Waals surface area contributed by atoms with Gasteiger partial charge in [0.15, 0.2) is 0 Å². The second kappa shape index (κ2) is 24.1. The van der Waals surface area contributed by atoms with Crippen LogP contribution in [0.4, 0.5) is 0 Å². The number of likely N-dealkylation sites (tertiary alicyclic amines) is 1. The first-order valence-corrected chi connectivity index (χ1v) is 21.3. The number of allylic oxidation sites excluding steroid dienone is 4. The molecule has 2 heterocycles. The van der Waals surface area contributed by atoms with Gasteiger partial charge in [-0.1, -0.05) is 85.5 Å². The number of piperidine rings is 1. The van der Waals surface area contributed by atoms with Crippen molar-refractivity contribution in [2.24, 2.45) is 0 Å². The van der Waals surface area contributed by atoms with Gasteiger partial charge in [0.25, 0.3) is 0 Å². The largest absolute Gasteiger partial charge is 0.487 e. The number of ether oxygens (including phenoxy) is 1. The summed E-state index contributed by atoms with van der Waals surface area (Å²) in [6.07, 6.45) is 18.2. The number of nitrogens with zero attached hydrogens (tertiary/aromatic N) is 1. The first-order valence-electron chi connectivity index (χ1n) is 21.0. The summed E-state index contributed by atoms with van der Waals surface area (Å²) in [5.41, 5.74) is 13.3. The fourth-order valence-corrected chi connectivity index (χ4v) is 8.14. The highest BCUT2D eigenvalue weighted by atomic mass is 35.5. The first kappa shape index (κ1) is 45.8. The van der Waals surface area contributed by atoms with E-state index < -0.39 is 0 Å². The van der Waals surface area contributed by atoms with Gasteiger partial charge in [0.2, 0.25) is 0 Å². The van der Waals surface area contributed by atoms with Crippen molar-refractivity contribution in [1.29, 1.82) is 0 Å². The lowest BCUT2D eigenvalue weighted by molar-refractivity contribution is 0.0818. The summed E-state index contributed by atoms with van der Waals surface area (Å²) in [4.78, 5) is 2.50. The van der Waals surface area contributed by atoms with Gasteiger partial charge >= 0.3 is 0 Å². The quantitative estimate of drug-likeness (QED) is 0.114. The summed E-state index contributed by atoms with van der Waals surface area (Å²) >= 11 is 6.99. The second-order valence-electron chi connectivity index (χ2n) is 15.3. The number of hydrogen-bond donors (Lipinski definition) is 4. The van der Waals surface area contributed by atoms with Gasteiger partial charge in [-0.3, -0.25) is 0 Å². The Morgan fingerprint density at radius 2 is 1.61 bits per heavy atom. The van der Waals surface area contributed by atoms with Crippen molar-refractivity contribution >= 4 is 11.6 Å². The van der Waals surface area contributed by atoms with Gasteiger partial charge in [0.05, 0.1) is 11.1 Å². The van der Waals surface area contributed by atoms with E-state index in [1.54, 1.807) is 0 Å². The SMILES string of the molecule is C=C/C1=C\C(=C/C)C(=C)NCCCCC(C=C)NCc2cc(Cl)c(OCc3cccc(-c4cccc(CCCCN5CCC(O)CC5)c4C)c3C)cc2CC1.CO. The van der Waals surface area contributed by atoms with Crippen molar-refractivity contribution in [3.63, 3.8) is 0 Å². The number of nitrogens with one attached hydrogen (secondary N) is 2. The van der Waals surface area contributed by atoms with Gasteiger partial charge in [-0.25, -0.2) is 0 Å². The molecule has 57 heavy (non-hydrogen) atoms. The Hall–Kier alpha value is -3.91. The van der Waals surface area contributed by atoms with Gasteiger partial charge in [-0.15, -0.1) is 6.58 Å². The van der Waals surface area contributed by atoms with Crippen LogP contribution in [-0.4, -0.2) is 60.5 Å². The van der Waals surface area contributed by atoms with Crippen LogP contribution in [0.3, 0.4) is 0 Å². The smallest absolute Gasteiger partial charge is 0.138 e. The maximum Gasteiger partial charge on any atom is 0.138 e. The Morgan fingerprint density at radius 3 is 2.30 bits per heavy atom. The molecule has 0 saturated carbocycles. The number of aryl methyl sites for hydroxylation is 2. The van der Waals surface area contributed by atoms with Crippen LogP contribution in [0, 0.1) is 13.8 Å². The summed E-state index contributed by atoms with van der Waals surface area (Å²) in [7, 11) is 1.00. The van der Waals surface area contributed by atoms with Crippen molar-refractivity contribution < 1.29 is 14.9 Å². The maximum absolute atomic E-state index is 9.83. The molecule has 0 spiro atoms. The third kappa shape index (κ3) is 13.6. The van der Waals surface area contributed by atoms with Crippen molar-refractivity contribution in [1.82, 2.24) is 15.5 Å². The predicted octanol–water partition coefficient (Wildman–Crippen LogP) is 10.5. The monoisotopic (exact) mass is 793 g/mol. The number of hydrogen-bond acceptors (Lipinski definition) is 6. The Balaban J connectivity index is 0.00000354. The van der Waals surface area contributed by atoms with Gasteiger partial charge in [-0.2, -0.15) is 0 Å². The number of fused-ring (bicyclic) bond motifs is 1. The topological polar surface area (TPSA) is 77.0 Å². The predicted molar refractivity (Wildman–Crippen MR) is 242 cm³/mol. The average Bonchev–Trinajstić information content (AvgIpc) is 3.22. The zero-order chi connectivity index (χ0) is 41.2.